The third-order valence-corrected chi connectivity index (χ3v) is 4.39. The number of carbonyl (C=O) groups is 1. The molecule has 0 saturated carbocycles. The highest BCUT2D eigenvalue weighted by Crippen LogP contribution is 2.33. The molecule has 0 aliphatic carbocycles. The molecule has 24 heavy (non-hydrogen) atoms. The van der Waals surface area contributed by atoms with E-state index in [0.29, 0.717) is 32.4 Å². The van der Waals surface area contributed by atoms with Crippen molar-refractivity contribution >= 4 is 45.6 Å². The van der Waals surface area contributed by atoms with Crippen molar-refractivity contribution in [3.05, 3.63) is 70.1 Å². The van der Waals surface area contributed by atoms with Crippen molar-refractivity contribution < 1.29 is 4.79 Å². The molecule has 2 aromatic heterocycles. The van der Waals surface area contributed by atoms with Gasteiger partial charge >= 0.3 is 0 Å². The lowest BCUT2D eigenvalue weighted by Crippen LogP contribution is -2.09. The Bertz CT molecular complexity index is 944. The van der Waals surface area contributed by atoms with Crippen molar-refractivity contribution in [1.29, 1.82) is 0 Å². The molecular weight excluding hydrogens is 345 g/mol. The summed E-state index contributed by atoms with van der Waals surface area (Å²) < 4.78 is 0. The first-order valence-electron chi connectivity index (χ1n) is 7.28. The number of nitrogens with one attached hydrogen (secondary N) is 1. The van der Waals surface area contributed by atoms with Crippen LogP contribution in [0.2, 0.25) is 10.0 Å². The van der Waals surface area contributed by atoms with E-state index in [9.17, 15) is 4.79 Å². The molecule has 122 valence electrons. The van der Waals surface area contributed by atoms with Crippen molar-refractivity contribution in [2.45, 2.75) is 0 Å². The number of aromatic nitrogens is 2. The monoisotopic (exact) mass is 359 g/mol. The molecule has 4 nitrogen and oxygen atoms in total. The quantitative estimate of drug-likeness (QED) is 0.544. The van der Waals surface area contributed by atoms with Crippen LogP contribution in [0.1, 0.15) is 15.9 Å². The normalized spacial score (nSPS) is 11.8. The summed E-state index contributed by atoms with van der Waals surface area (Å²) in [5.41, 5.74) is 2.28. The van der Waals surface area contributed by atoms with Crippen LogP contribution in [0.25, 0.3) is 16.6 Å². The number of benzene rings is 1. The number of Topliss-reactive ketones (excluding diaryl/α,β-unsaturated/α-hetero) is 1. The lowest BCUT2D eigenvalue weighted by Gasteiger charge is -2.13. The first-order valence-corrected chi connectivity index (χ1v) is 8.04. The first-order chi connectivity index (χ1) is 11.5. The van der Waals surface area contributed by atoms with Gasteiger partial charge in [0.25, 0.3) is 0 Å². The molecule has 0 saturated heterocycles. The summed E-state index contributed by atoms with van der Waals surface area (Å²) in [7, 11) is 3.70. The van der Waals surface area contributed by atoms with Crippen LogP contribution in [-0.4, -0.2) is 34.7 Å². The van der Waals surface area contributed by atoms with E-state index in [1.54, 1.807) is 47.8 Å². The summed E-state index contributed by atoms with van der Waals surface area (Å²) in [6.07, 6.45) is 5.09. The van der Waals surface area contributed by atoms with Gasteiger partial charge in [-0.3, -0.25) is 4.79 Å². The van der Waals surface area contributed by atoms with E-state index in [-0.39, 0.29) is 5.78 Å². The Morgan fingerprint density at radius 1 is 1.17 bits per heavy atom. The minimum atomic E-state index is -0.146. The Morgan fingerprint density at radius 2 is 1.96 bits per heavy atom. The highest BCUT2D eigenvalue weighted by atomic mass is 35.5. The van der Waals surface area contributed by atoms with Gasteiger partial charge < -0.3 is 9.88 Å². The van der Waals surface area contributed by atoms with Gasteiger partial charge in [0.1, 0.15) is 5.65 Å². The van der Waals surface area contributed by atoms with Gasteiger partial charge in [0.15, 0.2) is 5.78 Å². The smallest absolute Gasteiger partial charge is 0.197 e. The van der Waals surface area contributed by atoms with E-state index >= 15 is 0 Å². The zero-order valence-electron chi connectivity index (χ0n) is 13.2. The standard InChI is InChI=1S/C18H15Cl2N3O/c1-23(2)10-14(11-5-3-7-15(19)16(11)20)17(24)13-9-22-18-12(13)6-4-8-21-18/h3-10H,1-2H3,(H,21,22)/b14-10-. The molecule has 3 rings (SSSR count). The van der Waals surface area contributed by atoms with Crippen LogP contribution in [-0.2, 0) is 0 Å². The molecule has 0 unspecified atom stereocenters. The molecule has 0 atom stereocenters. The molecule has 0 amide bonds. The fourth-order valence-corrected chi connectivity index (χ4v) is 2.91. The molecule has 6 heteroatoms. The Kier molecular flexibility index (Phi) is 4.60. The third-order valence-electron chi connectivity index (χ3n) is 3.57. The molecule has 1 N–H and O–H groups in total. The second-order valence-electron chi connectivity index (χ2n) is 5.54. The van der Waals surface area contributed by atoms with Crippen LogP contribution >= 0.6 is 23.2 Å². The third kappa shape index (κ3) is 3.03. The second kappa shape index (κ2) is 6.67. The first kappa shape index (κ1) is 16.6. The number of fused-ring (bicyclic) bond motifs is 1. The molecular formula is C18H15Cl2N3O. The number of H-pyrrole nitrogens is 1. The SMILES string of the molecule is CN(C)/C=C(\C(=O)c1c[nH]c2ncccc12)c1cccc(Cl)c1Cl. The van der Waals surface area contributed by atoms with E-state index in [1.165, 1.54) is 0 Å². The number of hydrogen-bond acceptors (Lipinski definition) is 3. The maximum atomic E-state index is 13.2. The Morgan fingerprint density at radius 3 is 2.71 bits per heavy atom. The zero-order valence-corrected chi connectivity index (χ0v) is 14.7. The van der Waals surface area contributed by atoms with Gasteiger partial charge in [-0.25, -0.2) is 4.98 Å². The lowest BCUT2D eigenvalue weighted by atomic mass is 9.97. The van der Waals surface area contributed by atoms with Crippen LogP contribution in [0.5, 0.6) is 0 Å². The molecule has 3 aromatic rings. The van der Waals surface area contributed by atoms with Crippen molar-refractivity contribution in [3.63, 3.8) is 0 Å². The molecule has 0 fully saturated rings. The van der Waals surface area contributed by atoms with E-state index in [4.69, 9.17) is 23.2 Å². The second-order valence-corrected chi connectivity index (χ2v) is 6.32. The van der Waals surface area contributed by atoms with Crippen molar-refractivity contribution in [2.75, 3.05) is 14.1 Å². The minimum absolute atomic E-state index is 0.146. The average molecular weight is 360 g/mol. The largest absolute Gasteiger partial charge is 0.383 e. The molecule has 1 aromatic carbocycles. The summed E-state index contributed by atoms with van der Waals surface area (Å²) in [5.74, 6) is -0.146. The van der Waals surface area contributed by atoms with Gasteiger partial charge in [0, 0.05) is 54.8 Å². The molecule has 2 heterocycles. The molecule has 0 bridgehead atoms. The van der Waals surface area contributed by atoms with Gasteiger partial charge in [0.2, 0.25) is 0 Å². The summed E-state index contributed by atoms with van der Waals surface area (Å²) in [6.45, 7) is 0. The van der Waals surface area contributed by atoms with Crippen LogP contribution in [0.4, 0.5) is 0 Å². The fourth-order valence-electron chi connectivity index (χ4n) is 2.51. The molecule has 0 aliphatic heterocycles. The Labute approximate surface area is 149 Å². The Balaban J connectivity index is 2.17. The number of ketones is 1. The number of carbonyl (C=O) groups excluding carboxylic acids is 1. The predicted octanol–water partition coefficient (Wildman–Crippen LogP) is 4.66. The summed E-state index contributed by atoms with van der Waals surface area (Å²) in [5, 5.41) is 1.54. The minimum Gasteiger partial charge on any atom is -0.383 e. The number of nitrogens with zero attached hydrogens (tertiary/aromatic N) is 2. The highest BCUT2D eigenvalue weighted by Gasteiger charge is 2.21. The van der Waals surface area contributed by atoms with Gasteiger partial charge in [-0.1, -0.05) is 35.3 Å². The molecule has 0 radical (unpaired) electrons. The highest BCUT2D eigenvalue weighted by molar-refractivity contribution is 6.45. The number of rotatable bonds is 4. The van der Waals surface area contributed by atoms with Gasteiger partial charge in [0.05, 0.1) is 10.0 Å². The topological polar surface area (TPSA) is 49.0 Å². The maximum absolute atomic E-state index is 13.2. The van der Waals surface area contributed by atoms with E-state index in [0.717, 1.165) is 5.39 Å². The van der Waals surface area contributed by atoms with Crippen LogP contribution in [0.15, 0.2) is 48.9 Å². The van der Waals surface area contributed by atoms with Crippen molar-refractivity contribution in [1.82, 2.24) is 14.9 Å². The molecule has 0 aliphatic rings. The van der Waals surface area contributed by atoms with E-state index in [1.807, 2.05) is 20.2 Å². The number of allylic oxidation sites excluding steroid dienone is 1. The number of halogens is 2. The lowest BCUT2D eigenvalue weighted by molar-refractivity contribution is 0.105. The fraction of sp³-hybridized carbons (Fsp3) is 0.111. The van der Waals surface area contributed by atoms with Gasteiger partial charge in [-0.05, 0) is 18.2 Å². The zero-order chi connectivity index (χ0) is 17.3. The van der Waals surface area contributed by atoms with Crippen molar-refractivity contribution in [3.8, 4) is 0 Å². The average Bonchev–Trinajstić information content (AvgIpc) is 2.99. The van der Waals surface area contributed by atoms with Crippen molar-refractivity contribution in [2.24, 2.45) is 0 Å². The summed E-state index contributed by atoms with van der Waals surface area (Å²) >= 11 is 12.5. The number of hydrogen-bond donors (Lipinski definition) is 1. The number of aromatic amines is 1. The van der Waals surface area contributed by atoms with Crippen LogP contribution < -0.4 is 0 Å². The van der Waals surface area contributed by atoms with Gasteiger partial charge in [-0.2, -0.15) is 0 Å². The van der Waals surface area contributed by atoms with Crippen LogP contribution in [0, 0.1) is 0 Å². The predicted molar refractivity (Wildman–Crippen MR) is 98.6 cm³/mol. The van der Waals surface area contributed by atoms with Gasteiger partial charge in [-0.15, -0.1) is 0 Å². The van der Waals surface area contributed by atoms with Crippen LogP contribution in [0.3, 0.4) is 0 Å². The molecule has 0 spiro atoms. The summed E-state index contributed by atoms with van der Waals surface area (Å²) in [4.78, 5) is 22.2. The maximum Gasteiger partial charge on any atom is 0.197 e. The number of pyridine rings is 1. The van der Waals surface area contributed by atoms with E-state index in [2.05, 4.69) is 9.97 Å². The Hall–Kier alpha value is -2.30. The summed E-state index contributed by atoms with van der Waals surface area (Å²) in [6, 6.07) is 8.92. The van der Waals surface area contributed by atoms with E-state index < -0.39 is 0 Å².